The third-order valence-corrected chi connectivity index (χ3v) is 4.35. The summed E-state index contributed by atoms with van der Waals surface area (Å²) in [6.07, 6.45) is 1.45. The predicted molar refractivity (Wildman–Crippen MR) is 68.8 cm³/mol. The van der Waals surface area contributed by atoms with Gasteiger partial charge in [0.2, 0.25) is 11.8 Å². The second-order valence-corrected chi connectivity index (χ2v) is 6.33. The highest BCUT2D eigenvalue weighted by molar-refractivity contribution is 6.06. The monoisotopic (exact) mass is 267 g/mol. The molecule has 6 nitrogen and oxygen atoms in total. The van der Waals surface area contributed by atoms with E-state index in [-0.39, 0.29) is 19.0 Å². The molecule has 2 fully saturated rings. The molecule has 0 aromatic heterocycles. The first-order chi connectivity index (χ1) is 8.73. The minimum Gasteiger partial charge on any atom is -0.329 e. The van der Waals surface area contributed by atoms with Crippen LogP contribution in [-0.2, 0) is 14.4 Å². The van der Waals surface area contributed by atoms with Crippen LogP contribution < -0.4 is 11.1 Å². The van der Waals surface area contributed by atoms with Crippen molar-refractivity contribution in [3.05, 3.63) is 0 Å². The van der Waals surface area contributed by atoms with Crippen LogP contribution in [0.2, 0.25) is 0 Å². The quantitative estimate of drug-likeness (QED) is 0.667. The lowest BCUT2D eigenvalue weighted by molar-refractivity contribution is -0.166. The van der Waals surface area contributed by atoms with E-state index in [0.717, 1.165) is 12.8 Å². The summed E-state index contributed by atoms with van der Waals surface area (Å²) in [5.41, 5.74) is 4.17. The van der Waals surface area contributed by atoms with Gasteiger partial charge in [0.1, 0.15) is 12.1 Å². The molecular weight excluding hydrogens is 246 g/mol. The van der Waals surface area contributed by atoms with E-state index in [0.29, 0.717) is 5.92 Å². The summed E-state index contributed by atoms with van der Waals surface area (Å²) in [5, 5.41) is 2.27. The van der Waals surface area contributed by atoms with Gasteiger partial charge < -0.3 is 10.6 Å². The first kappa shape index (κ1) is 14.0. The number of nitrogens with zero attached hydrogens (tertiary/aromatic N) is 1. The minimum atomic E-state index is -1.01. The number of hydrogen-bond acceptors (Lipinski definition) is 4. The Bertz CT molecular complexity index is 438. The number of carbonyl (C=O) groups is 3. The highest BCUT2D eigenvalue weighted by Gasteiger charge is 2.54. The van der Waals surface area contributed by atoms with Crippen LogP contribution in [0.1, 0.15) is 33.6 Å². The van der Waals surface area contributed by atoms with Crippen molar-refractivity contribution < 1.29 is 14.4 Å². The summed E-state index contributed by atoms with van der Waals surface area (Å²) in [7, 11) is 0. The normalized spacial score (nSPS) is 33.7. The zero-order chi connectivity index (χ0) is 14.4. The molecule has 0 unspecified atom stereocenters. The largest absolute Gasteiger partial charge is 0.329 e. The summed E-state index contributed by atoms with van der Waals surface area (Å²) >= 11 is 0. The van der Waals surface area contributed by atoms with Crippen LogP contribution in [-0.4, -0.2) is 41.2 Å². The second-order valence-electron chi connectivity index (χ2n) is 6.33. The molecule has 2 aliphatic rings. The number of carbonyl (C=O) groups excluding carboxylic acids is 3. The molecule has 0 aromatic rings. The Morgan fingerprint density at radius 3 is 2.47 bits per heavy atom. The van der Waals surface area contributed by atoms with Crippen LogP contribution >= 0.6 is 0 Å². The van der Waals surface area contributed by atoms with Gasteiger partial charge in [0.15, 0.2) is 0 Å². The summed E-state index contributed by atoms with van der Waals surface area (Å²) < 4.78 is 0. The molecule has 1 heterocycles. The number of rotatable bonds is 2. The van der Waals surface area contributed by atoms with Gasteiger partial charge in [-0.3, -0.25) is 19.7 Å². The third-order valence-electron chi connectivity index (χ3n) is 4.35. The Hall–Kier alpha value is -1.43. The number of imide groups is 1. The van der Waals surface area contributed by atoms with Gasteiger partial charge in [0.25, 0.3) is 5.91 Å². The van der Waals surface area contributed by atoms with Crippen LogP contribution in [0, 0.1) is 11.3 Å². The molecule has 0 bridgehead atoms. The van der Waals surface area contributed by atoms with Crippen molar-refractivity contribution in [2.24, 2.45) is 17.1 Å². The Balaban J connectivity index is 2.26. The lowest BCUT2D eigenvalue weighted by Crippen LogP contribution is -2.69. The molecule has 1 aliphatic carbocycles. The first-order valence-electron chi connectivity index (χ1n) is 6.59. The molecule has 1 saturated heterocycles. The fourth-order valence-electron chi connectivity index (χ4n) is 3.10. The molecule has 0 atom stereocenters. The average molecular weight is 267 g/mol. The van der Waals surface area contributed by atoms with Gasteiger partial charge in [0, 0.05) is 6.54 Å². The smallest absolute Gasteiger partial charge is 0.252 e. The van der Waals surface area contributed by atoms with Crippen molar-refractivity contribution in [3.8, 4) is 0 Å². The highest BCUT2D eigenvalue weighted by atomic mass is 16.2. The van der Waals surface area contributed by atoms with Crippen LogP contribution in [0.25, 0.3) is 0 Å². The SMILES string of the molecule is CC1CC(CN)(C(=O)N2CC(=O)NC(=O)C2(C)C)C1. The lowest BCUT2D eigenvalue weighted by atomic mass is 9.61. The van der Waals surface area contributed by atoms with E-state index < -0.39 is 22.8 Å². The highest BCUT2D eigenvalue weighted by Crippen LogP contribution is 2.47. The number of piperazine rings is 1. The second kappa shape index (κ2) is 4.30. The van der Waals surface area contributed by atoms with Crippen LogP contribution in [0.5, 0.6) is 0 Å². The zero-order valence-electron chi connectivity index (χ0n) is 11.7. The number of nitrogens with two attached hydrogens (primary N) is 1. The standard InChI is InChI=1S/C13H21N3O3/c1-8-4-13(5-8,7-14)11(19)16-6-9(17)15-10(18)12(16,2)3/h8H,4-7,14H2,1-3H3,(H,15,17,18). The molecule has 0 spiro atoms. The van der Waals surface area contributed by atoms with Crippen molar-refractivity contribution in [3.63, 3.8) is 0 Å². The lowest BCUT2D eigenvalue weighted by Gasteiger charge is -2.50. The molecule has 106 valence electrons. The average Bonchev–Trinajstić information content (AvgIpc) is 2.29. The van der Waals surface area contributed by atoms with E-state index in [1.54, 1.807) is 13.8 Å². The van der Waals surface area contributed by atoms with Crippen molar-refractivity contribution in [1.29, 1.82) is 0 Å². The molecule has 1 saturated carbocycles. The molecule has 3 N–H and O–H groups in total. The molecule has 0 radical (unpaired) electrons. The fourth-order valence-corrected chi connectivity index (χ4v) is 3.10. The van der Waals surface area contributed by atoms with Gasteiger partial charge in [-0.15, -0.1) is 0 Å². The Labute approximate surface area is 112 Å². The molecule has 3 amide bonds. The molecule has 0 aromatic carbocycles. The van der Waals surface area contributed by atoms with Crippen LogP contribution in [0.3, 0.4) is 0 Å². The van der Waals surface area contributed by atoms with Gasteiger partial charge in [-0.05, 0) is 32.6 Å². The van der Waals surface area contributed by atoms with E-state index in [1.165, 1.54) is 4.90 Å². The van der Waals surface area contributed by atoms with Crippen molar-refractivity contribution >= 4 is 17.7 Å². The fraction of sp³-hybridized carbons (Fsp3) is 0.769. The van der Waals surface area contributed by atoms with E-state index in [9.17, 15) is 14.4 Å². The van der Waals surface area contributed by atoms with Gasteiger partial charge in [-0.1, -0.05) is 6.92 Å². The maximum atomic E-state index is 12.7. The van der Waals surface area contributed by atoms with Crippen molar-refractivity contribution in [2.75, 3.05) is 13.1 Å². The van der Waals surface area contributed by atoms with Crippen molar-refractivity contribution in [1.82, 2.24) is 10.2 Å². The summed E-state index contributed by atoms with van der Waals surface area (Å²) in [4.78, 5) is 37.5. The topological polar surface area (TPSA) is 92.5 Å². The first-order valence-corrected chi connectivity index (χ1v) is 6.59. The van der Waals surface area contributed by atoms with Crippen LogP contribution in [0.4, 0.5) is 0 Å². The maximum Gasteiger partial charge on any atom is 0.252 e. The number of nitrogens with one attached hydrogen (secondary N) is 1. The maximum absolute atomic E-state index is 12.7. The van der Waals surface area contributed by atoms with Gasteiger partial charge >= 0.3 is 0 Å². The van der Waals surface area contributed by atoms with Gasteiger partial charge in [0.05, 0.1) is 5.41 Å². The number of amides is 3. The molecule has 6 heteroatoms. The Morgan fingerprint density at radius 2 is 2.00 bits per heavy atom. The van der Waals surface area contributed by atoms with E-state index in [2.05, 4.69) is 12.2 Å². The van der Waals surface area contributed by atoms with E-state index >= 15 is 0 Å². The Kier molecular flexibility index (Phi) is 3.16. The summed E-state index contributed by atoms with van der Waals surface area (Å²) in [5.74, 6) is -0.569. The van der Waals surface area contributed by atoms with Crippen LogP contribution in [0.15, 0.2) is 0 Å². The van der Waals surface area contributed by atoms with Crippen molar-refractivity contribution in [2.45, 2.75) is 39.2 Å². The van der Waals surface area contributed by atoms with Gasteiger partial charge in [-0.2, -0.15) is 0 Å². The third kappa shape index (κ3) is 2.04. The van der Waals surface area contributed by atoms with E-state index in [4.69, 9.17) is 5.73 Å². The molecule has 2 rings (SSSR count). The zero-order valence-corrected chi connectivity index (χ0v) is 11.7. The minimum absolute atomic E-state index is 0.0757. The molecular formula is C13H21N3O3. The Morgan fingerprint density at radius 1 is 1.42 bits per heavy atom. The van der Waals surface area contributed by atoms with E-state index in [1.807, 2.05) is 0 Å². The summed E-state index contributed by atoms with van der Waals surface area (Å²) in [6.45, 7) is 5.56. The predicted octanol–water partition coefficient (Wildman–Crippen LogP) is -0.375. The molecule has 1 aliphatic heterocycles. The van der Waals surface area contributed by atoms with Gasteiger partial charge in [-0.25, -0.2) is 0 Å². The summed E-state index contributed by atoms with van der Waals surface area (Å²) in [6, 6.07) is 0. The molecule has 19 heavy (non-hydrogen) atoms. The number of hydrogen-bond donors (Lipinski definition) is 2.